The van der Waals surface area contributed by atoms with Gasteiger partial charge in [-0.3, -0.25) is 9.59 Å². The van der Waals surface area contributed by atoms with E-state index in [4.69, 9.17) is 0 Å². The Bertz CT molecular complexity index is 1200. The van der Waals surface area contributed by atoms with Crippen LogP contribution in [0.3, 0.4) is 0 Å². The molecule has 1 atom stereocenters. The van der Waals surface area contributed by atoms with Crippen LogP contribution < -0.4 is 10.6 Å². The highest BCUT2D eigenvalue weighted by Crippen LogP contribution is 2.24. The Morgan fingerprint density at radius 2 is 1.61 bits per heavy atom. The number of aromatic nitrogens is 1. The molecule has 0 aliphatic rings. The van der Waals surface area contributed by atoms with Crippen molar-refractivity contribution in [3.8, 4) is 0 Å². The summed E-state index contributed by atoms with van der Waals surface area (Å²) < 4.78 is 5.25. The van der Waals surface area contributed by atoms with Crippen molar-refractivity contribution in [3.05, 3.63) is 95.7 Å². The van der Waals surface area contributed by atoms with Crippen molar-refractivity contribution in [2.45, 2.75) is 25.8 Å². The highest BCUT2D eigenvalue weighted by molar-refractivity contribution is 7.13. The number of fused-ring (bicyclic) bond motifs is 1. The van der Waals surface area contributed by atoms with Crippen LogP contribution in [-0.4, -0.2) is 22.2 Å². The second-order valence-corrected chi connectivity index (χ2v) is 8.23. The van der Waals surface area contributed by atoms with Gasteiger partial charge < -0.3 is 10.6 Å². The summed E-state index contributed by atoms with van der Waals surface area (Å²) in [5.41, 5.74) is 2.51. The molecule has 156 valence electrons. The first kappa shape index (κ1) is 20.8. The molecule has 6 heteroatoms. The number of benzene rings is 3. The molecule has 2 amide bonds. The third-order valence-corrected chi connectivity index (χ3v) is 5.93. The Labute approximate surface area is 185 Å². The standard InChI is InChI=1S/C25H23N3O2S/c1-17(15-16-18-9-3-2-4-10-18)26-24(29)19-11-5-7-13-21(19)27-25(30)23-20-12-6-8-14-22(20)31-28-23/h2-14,17H,15-16H2,1H3,(H,26,29)(H,27,30)/t17-/m0/s1. The van der Waals surface area contributed by atoms with Gasteiger partial charge in [-0.2, -0.15) is 4.37 Å². The molecular weight excluding hydrogens is 406 g/mol. The number of carbonyl (C=O) groups excluding carboxylic acids is 2. The van der Waals surface area contributed by atoms with Crippen molar-refractivity contribution in [2.24, 2.45) is 0 Å². The molecule has 0 spiro atoms. The molecule has 2 N–H and O–H groups in total. The maximum absolute atomic E-state index is 12.9. The average Bonchev–Trinajstić information content (AvgIpc) is 3.23. The van der Waals surface area contributed by atoms with Gasteiger partial charge in [0, 0.05) is 11.4 Å². The number of carbonyl (C=O) groups is 2. The van der Waals surface area contributed by atoms with Crippen LogP contribution in [0.2, 0.25) is 0 Å². The summed E-state index contributed by atoms with van der Waals surface area (Å²) >= 11 is 1.29. The molecule has 0 saturated heterocycles. The molecule has 0 bridgehead atoms. The monoisotopic (exact) mass is 429 g/mol. The predicted octanol–water partition coefficient (Wildman–Crippen LogP) is 5.30. The number of aryl methyl sites for hydroxylation is 1. The van der Waals surface area contributed by atoms with Crippen LogP contribution in [0.25, 0.3) is 10.1 Å². The topological polar surface area (TPSA) is 71.1 Å². The number of nitrogens with zero attached hydrogens (tertiary/aromatic N) is 1. The fourth-order valence-corrected chi connectivity index (χ4v) is 4.20. The molecule has 4 rings (SSSR count). The summed E-state index contributed by atoms with van der Waals surface area (Å²) in [7, 11) is 0. The summed E-state index contributed by atoms with van der Waals surface area (Å²) in [5.74, 6) is -0.533. The van der Waals surface area contributed by atoms with Crippen molar-refractivity contribution >= 4 is 39.1 Å². The summed E-state index contributed by atoms with van der Waals surface area (Å²) in [5, 5.41) is 6.71. The molecule has 5 nitrogen and oxygen atoms in total. The highest BCUT2D eigenvalue weighted by atomic mass is 32.1. The third kappa shape index (κ3) is 4.98. The Balaban J connectivity index is 1.44. The second kappa shape index (κ2) is 9.53. The van der Waals surface area contributed by atoms with Crippen molar-refractivity contribution in [2.75, 3.05) is 5.32 Å². The zero-order valence-electron chi connectivity index (χ0n) is 17.2. The van der Waals surface area contributed by atoms with Gasteiger partial charge in [-0.25, -0.2) is 0 Å². The highest BCUT2D eigenvalue weighted by Gasteiger charge is 2.18. The Morgan fingerprint density at radius 1 is 0.903 bits per heavy atom. The number of amides is 2. The molecule has 0 aliphatic carbocycles. The summed E-state index contributed by atoms with van der Waals surface area (Å²) in [6, 6.07) is 24.8. The van der Waals surface area contributed by atoms with Crippen LogP contribution in [0.15, 0.2) is 78.9 Å². The van der Waals surface area contributed by atoms with E-state index in [9.17, 15) is 9.59 Å². The number of rotatable bonds is 7. The quantitative estimate of drug-likeness (QED) is 0.419. The smallest absolute Gasteiger partial charge is 0.276 e. The van der Waals surface area contributed by atoms with E-state index >= 15 is 0 Å². The Kier molecular flexibility index (Phi) is 6.38. The fourth-order valence-electron chi connectivity index (χ4n) is 3.42. The third-order valence-electron chi connectivity index (χ3n) is 5.10. The van der Waals surface area contributed by atoms with Crippen molar-refractivity contribution in [3.63, 3.8) is 0 Å². The molecule has 3 aromatic carbocycles. The van der Waals surface area contributed by atoms with E-state index in [2.05, 4.69) is 27.1 Å². The van der Waals surface area contributed by atoms with Crippen LogP contribution in [0.5, 0.6) is 0 Å². The lowest BCUT2D eigenvalue weighted by Gasteiger charge is -2.16. The predicted molar refractivity (Wildman–Crippen MR) is 126 cm³/mol. The minimum atomic E-state index is -0.324. The largest absolute Gasteiger partial charge is 0.350 e. The van der Waals surface area contributed by atoms with Gasteiger partial charge in [-0.1, -0.05) is 60.7 Å². The van der Waals surface area contributed by atoms with Crippen LogP contribution >= 0.6 is 11.5 Å². The maximum atomic E-state index is 12.9. The van der Waals surface area contributed by atoms with Crippen LogP contribution in [0.1, 0.15) is 39.8 Å². The first-order valence-electron chi connectivity index (χ1n) is 10.2. The summed E-state index contributed by atoms with van der Waals surface area (Å²) in [6.07, 6.45) is 1.71. The maximum Gasteiger partial charge on any atom is 0.276 e. The zero-order chi connectivity index (χ0) is 21.6. The van der Waals surface area contributed by atoms with Crippen molar-refractivity contribution in [1.29, 1.82) is 0 Å². The number of hydrogen-bond donors (Lipinski definition) is 2. The number of anilines is 1. The summed E-state index contributed by atoms with van der Waals surface area (Å²) in [6.45, 7) is 1.99. The SMILES string of the molecule is C[C@@H](CCc1ccccc1)NC(=O)c1ccccc1NC(=O)c1nsc2ccccc12. The van der Waals surface area contributed by atoms with Gasteiger partial charge in [0.1, 0.15) is 5.69 Å². The van der Waals surface area contributed by atoms with Crippen molar-refractivity contribution < 1.29 is 9.59 Å². The Morgan fingerprint density at radius 3 is 2.45 bits per heavy atom. The van der Waals surface area contributed by atoms with Crippen LogP contribution in [0.4, 0.5) is 5.69 Å². The second-order valence-electron chi connectivity index (χ2n) is 7.43. The van der Waals surface area contributed by atoms with Gasteiger partial charge >= 0.3 is 0 Å². The lowest BCUT2D eigenvalue weighted by atomic mass is 10.1. The number of nitrogens with one attached hydrogen (secondary N) is 2. The fraction of sp³-hybridized carbons (Fsp3) is 0.160. The van der Waals surface area contributed by atoms with E-state index in [1.165, 1.54) is 17.1 Å². The number of hydrogen-bond acceptors (Lipinski definition) is 4. The average molecular weight is 430 g/mol. The van der Waals surface area contributed by atoms with E-state index in [0.29, 0.717) is 16.9 Å². The molecular formula is C25H23N3O2S. The van der Waals surface area contributed by atoms with E-state index in [1.807, 2.05) is 49.4 Å². The molecule has 31 heavy (non-hydrogen) atoms. The van der Waals surface area contributed by atoms with Gasteiger partial charge in [0.25, 0.3) is 11.8 Å². The van der Waals surface area contributed by atoms with E-state index in [1.54, 1.807) is 24.3 Å². The van der Waals surface area contributed by atoms with E-state index in [-0.39, 0.29) is 17.9 Å². The lowest BCUT2D eigenvalue weighted by Crippen LogP contribution is -2.33. The van der Waals surface area contributed by atoms with E-state index in [0.717, 1.165) is 22.9 Å². The van der Waals surface area contributed by atoms with Crippen LogP contribution in [-0.2, 0) is 6.42 Å². The van der Waals surface area contributed by atoms with Crippen LogP contribution in [0, 0.1) is 0 Å². The first-order valence-corrected chi connectivity index (χ1v) is 11.0. The lowest BCUT2D eigenvalue weighted by molar-refractivity contribution is 0.0939. The van der Waals surface area contributed by atoms with Crippen molar-refractivity contribution in [1.82, 2.24) is 9.69 Å². The van der Waals surface area contributed by atoms with Gasteiger partial charge in [0.15, 0.2) is 0 Å². The van der Waals surface area contributed by atoms with Gasteiger partial charge in [0.05, 0.1) is 16.0 Å². The normalized spacial score (nSPS) is 11.8. The molecule has 0 aliphatic heterocycles. The van der Waals surface area contributed by atoms with E-state index < -0.39 is 0 Å². The molecule has 4 aromatic rings. The molecule has 0 saturated carbocycles. The minimum Gasteiger partial charge on any atom is -0.350 e. The molecule has 0 radical (unpaired) electrons. The number of para-hydroxylation sites is 1. The Hall–Kier alpha value is -3.51. The van der Waals surface area contributed by atoms with Gasteiger partial charge in [0.2, 0.25) is 0 Å². The molecule has 1 aromatic heterocycles. The molecule has 0 fully saturated rings. The first-order chi connectivity index (χ1) is 15.1. The summed E-state index contributed by atoms with van der Waals surface area (Å²) in [4.78, 5) is 25.7. The molecule has 0 unspecified atom stereocenters. The minimum absolute atomic E-state index is 0.000974. The molecule has 1 heterocycles. The van der Waals surface area contributed by atoms with Gasteiger partial charge in [-0.15, -0.1) is 0 Å². The zero-order valence-corrected chi connectivity index (χ0v) is 18.0. The van der Waals surface area contributed by atoms with Gasteiger partial charge in [-0.05, 0) is 55.1 Å².